The van der Waals surface area contributed by atoms with Gasteiger partial charge in [0.05, 0.1) is 5.56 Å². The Morgan fingerprint density at radius 2 is 1.93 bits per heavy atom. The minimum absolute atomic E-state index is 0.0349. The number of rotatable bonds is 5. The third-order valence-electron chi connectivity index (χ3n) is 4.09. The molecular formula is C18H16F4N4O2. The first-order chi connectivity index (χ1) is 13.1. The van der Waals surface area contributed by atoms with E-state index in [4.69, 9.17) is 0 Å². The average molecular weight is 396 g/mol. The molecule has 1 heterocycles. The molecule has 10 heteroatoms. The summed E-state index contributed by atoms with van der Waals surface area (Å²) in [6.07, 6.45) is -3.26. The molecule has 0 spiro atoms. The lowest BCUT2D eigenvalue weighted by atomic mass is 10.1. The molecule has 0 unspecified atom stereocenters. The normalized spacial score (nSPS) is 13.9. The van der Waals surface area contributed by atoms with Crippen LogP contribution in [0.15, 0.2) is 24.3 Å². The highest BCUT2D eigenvalue weighted by molar-refractivity contribution is 5.95. The molecule has 3 rings (SSSR count). The highest BCUT2D eigenvalue weighted by Gasteiger charge is 2.34. The molecule has 1 saturated carbocycles. The van der Waals surface area contributed by atoms with Gasteiger partial charge in [0.15, 0.2) is 0 Å². The Hall–Kier alpha value is -3.04. The molecule has 28 heavy (non-hydrogen) atoms. The minimum Gasteiger partial charge on any atom is -0.347 e. The fourth-order valence-corrected chi connectivity index (χ4v) is 2.50. The second kappa shape index (κ2) is 7.53. The van der Waals surface area contributed by atoms with Crippen molar-refractivity contribution in [3.63, 3.8) is 0 Å². The van der Waals surface area contributed by atoms with E-state index in [1.54, 1.807) is 6.92 Å². The molecule has 148 valence electrons. The van der Waals surface area contributed by atoms with Crippen molar-refractivity contribution in [2.75, 3.05) is 5.32 Å². The van der Waals surface area contributed by atoms with Gasteiger partial charge in [0.2, 0.25) is 11.9 Å². The third-order valence-corrected chi connectivity index (χ3v) is 4.09. The zero-order chi connectivity index (χ0) is 20.5. The van der Waals surface area contributed by atoms with Gasteiger partial charge < -0.3 is 5.32 Å². The smallest absolute Gasteiger partial charge is 0.347 e. The van der Waals surface area contributed by atoms with Gasteiger partial charge in [0.25, 0.3) is 5.91 Å². The van der Waals surface area contributed by atoms with Crippen molar-refractivity contribution in [1.82, 2.24) is 15.3 Å². The number of alkyl halides is 3. The van der Waals surface area contributed by atoms with Gasteiger partial charge in [0, 0.05) is 23.7 Å². The van der Waals surface area contributed by atoms with Crippen LogP contribution in [0.1, 0.15) is 40.2 Å². The van der Waals surface area contributed by atoms with Crippen LogP contribution in [-0.2, 0) is 17.5 Å². The lowest BCUT2D eigenvalue weighted by Gasteiger charge is -2.12. The van der Waals surface area contributed by atoms with Crippen molar-refractivity contribution in [1.29, 1.82) is 0 Å². The molecular weight excluding hydrogens is 380 g/mol. The van der Waals surface area contributed by atoms with Gasteiger partial charge in [-0.3, -0.25) is 14.9 Å². The minimum atomic E-state index is -4.83. The molecule has 0 atom stereocenters. The van der Waals surface area contributed by atoms with Gasteiger partial charge in [-0.15, -0.1) is 0 Å². The summed E-state index contributed by atoms with van der Waals surface area (Å²) in [4.78, 5) is 32.1. The van der Waals surface area contributed by atoms with Crippen LogP contribution in [0.5, 0.6) is 0 Å². The molecule has 2 aromatic rings. The predicted octanol–water partition coefficient (Wildman–Crippen LogP) is 3.22. The van der Waals surface area contributed by atoms with Crippen molar-refractivity contribution in [2.24, 2.45) is 5.92 Å². The van der Waals surface area contributed by atoms with E-state index < -0.39 is 30.0 Å². The van der Waals surface area contributed by atoms with Crippen LogP contribution in [-0.4, -0.2) is 21.8 Å². The maximum Gasteiger partial charge on any atom is 0.419 e. The topological polar surface area (TPSA) is 84.0 Å². The Bertz CT molecular complexity index is 926. The number of carbonyl (C=O) groups is 2. The number of hydrogen-bond acceptors (Lipinski definition) is 4. The van der Waals surface area contributed by atoms with Crippen LogP contribution in [0.25, 0.3) is 0 Å². The van der Waals surface area contributed by atoms with Gasteiger partial charge in [-0.25, -0.2) is 14.4 Å². The predicted molar refractivity (Wildman–Crippen MR) is 90.7 cm³/mol. The highest BCUT2D eigenvalue weighted by Crippen LogP contribution is 2.32. The zero-order valence-corrected chi connectivity index (χ0v) is 14.7. The van der Waals surface area contributed by atoms with Gasteiger partial charge in [-0.2, -0.15) is 13.2 Å². The number of carbonyl (C=O) groups excluding carboxylic acids is 2. The highest BCUT2D eigenvalue weighted by atomic mass is 19.4. The molecule has 6 nitrogen and oxygen atoms in total. The third kappa shape index (κ3) is 4.62. The standard InChI is InChI=1S/C18H16F4N4O2/c1-9-7-13(25-17(24-9)26-15(27)10-5-6-10)16(28)23-8-11-3-2-4-12(14(11)19)18(20,21)22/h2-4,7,10H,5-6,8H2,1H3,(H,23,28)(H,24,25,26,27). The van der Waals surface area contributed by atoms with E-state index in [1.165, 1.54) is 6.07 Å². The maximum atomic E-state index is 14.0. The first-order valence-electron chi connectivity index (χ1n) is 8.44. The van der Waals surface area contributed by atoms with Gasteiger partial charge in [0.1, 0.15) is 11.5 Å². The van der Waals surface area contributed by atoms with Crippen LogP contribution in [0.2, 0.25) is 0 Å². The SMILES string of the molecule is Cc1cc(C(=O)NCc2cccc(C(F)(F)F)c2F)nc(NC(=O)C2CC2)n1. The number of amides is 2. The summed E-state index contributed by atoms with van der Waals surface area (Å²) in [5.41, 5.74) is -1.39. The number of benzene rings is 1. The molecule has 0 aliphatic heterocycles. The number of aromatic nitrogens is 2. The largest absolute Gasteiger partial charge is 0.419 e. The summed E-state index contributed by atoms with van der Waals surface area (Å²) in [6.45, 7) is 1.14. The maximum absolute atomic E-state index is 14.0. The molecule has 2 amide bonds. The number of halogens is 4. The van der Waals surface area contributed by atoms with Crippen LogP contribution < -0.4 is 10.6 Å². The molecule has 0 bridgehead atoms. The molecule has 1 aromatic heterocycles. The van der Waals surface area contributed by atoms with Crippen LogP contribution in [0.3, 0.4) is 0 Å². The molecule has 1 aliphatic rings. The summed E-state index contributed by atoms with van der Waals surface area (Å²) in [5, 5.41) is 4.85. The summed E-state index contributed by atoms with van der Waals surface area (Å²) in [6, 6.07) is 4.19. The molecule has 0 radical (unpaired) electrons. The Balaban J connectivity index is 1.71. The lowest BCUT2D eigenvalue weighted by molar-refractivity contribution is -0.140. The van der Waals surface area contributed by atoms with Gasteiger partial charge >= 0.3 is 6.18 Å². The summed E-state index contributed by atoms with van der Waals surface area (Å²) < 4.78 is 52.3. The van der Waals surface area contributed by atoms with Crippen LogP contribution >= 0.6 is 0 Å². The average Bonchev–Trinajstić information content (AvgIpc) is 3.44. The number of nitrogens with zero attached hydrogens (tertiary/aromatic N) is 2. The first-order valence-corrected chi connectivity index (χ1v) is 8.44. The van der Waals surface area contributed by atoms with Crippen molar-refractivity contribution in [3.8, 4) is 0 Å². The number of anilines is 1. The van der Waals surface area contributed by atoms with Crippen molar-refractivity contribution < 1.29 is 27.2 Å². The fraction of sp³-hybridized carbons (Fsp3) is 0.333. The molecule has 2 N–H and O–H groups in total. The molecule has 0 saturated heterocycles. The molecule has 1 fully saturated rings. The Morgan fingerprint density at radius 3 is 2.57 bits per heavy atom. The Morgan fingerprint density at radius 1 is 1.21 bits per heavy atom. The second-order valence-electron chi connectivity index (χ2n) is 6.44. The fourth-order valence-electron chi connectivity index (χ4n) is 2.50. The van der Waals surface area contributed by atoms with Crippen molar-refractivity contribution in [2.45, 2.75) is 32.5 Å². The zero-order valence-electron chi connectivity index (χ0n) is 14.7. The summed E-state index contributed by atoms with van der Waals surface area (Å²) >= 11 is 0. The first kappa shape index (κ1) is 19.7. The van der Waals surface area contributed by atoms with Crippen LogP contribution in [0.4, 0.5) is 23.5 Å². The van der Waals surface area contributed by atoms with E-state index in [0.29, 0.717) is 11.8 Å². The monoisotopic (exact) mass is 396 g/mol. The van der Waals surface area contributed by atoms with E-state index in [1.807, 2.05) is 0 Å². The summed E-state index contributed by atoms with van der Waals surface area (Å²) in [5.74, 6) is -2.52. The van der Waals surface area contributed by atoms with E-state index >= 15 is 0 Å². The lowest BCUT2D eigenvalue weighted by Crippen LogP contribution is -2.26. The summed E-state index contributed by atoms with van der Waals surface area (Å²) in [7, 11) is 0. The Kier molecular flexibility index (Phi) is 5.30. The van der Waals surface area contributed by atoms with E-state index in [9.17, 15) is 27.2 Å². The van der Waals surface area contributed by atoms with E-state index in [2.05, 4.69) is 20.6 Å². The number of nitrogens with one attached hydrogen (secondary N) is 2. The second-order valence-corrected chi connectivity index (χ2v) is 6.44. The molecule has 1 aromatic carbocycles. The van der Waals surface area contributed by atoms with Crippen LogP contribution in [0, 0.1) is 18.7 Å². The quantitative estimate of drug-likeness (QED) is 0.761. The van der Waals surface area contributed by atoms with Crippen molar-refractivity contribution >= 4 is 17.8 Å². The van der Waals surface area contributed by atoms with Gasteiger partial charge in [-0.1, -0.05) is 12.1 Å². The number of aryl methyl sites for hydroxylation is 1. The molecule has 1 aliphatic carbocycles. The van der Waals surface area contributed by atoms with E-state index in [0.717, 1.165) is 25.0 Å². The van der Waals surface area contributed by atoms with Gasteiger partial charge in [-0.05, 0) is 31.9 Å². The Labute approximate surface area is 157 Å². The van der Waals surface area contributed by atoms with Crippen molar-refractivity contribution in [3.05, 3.63) is 52.6 Å². The number of hydrogen-bond donors (Lipinski definition) is 2. The van der Waals surface area contributed by atoms with E-state index in [-0.39, 0.29) is 29.0 Å².